The van der Waals surface area contributed by atoms with Crippen LogP contribution in [0.5, 0.6) is 0 Å². The second-order valence-corrected chi connectivity index (χ2v) is 7.11. The maximum Gasteiger partial charge on any atom is 0.408 e. The van der Waals surface area contributed by atoms with Crippen molar-refractivity contribution in [1.29, 1.82) is 0 Å². The van der Waals surface area contributed by atoms with E-state index in [1.54, 1.807) is 23.7 Å². The van der Waals surface area contributed by atoms with Crippen molar-refractivity contribution >= 4 is 34.2 Å². The Morgan fingerprint density at radius 1 is 1.10 bits per heavy atom. The summed E-state index contributed by atoms with van der Waals surface area (Å²) in [7, 11) is 0. The SMILES string of the molecule is O=C(N[C@@H](Cc1ccc([N+](=O)[O-])cc1)C(=O)Nc1nccs1)OCc1ccccc1. The molecule has 1 aromatic heterocycles. The fourth-order valence-electron chi connectivity index (χ4n) is 2.58. The molecule has 3 rings (SSSR count). The van der Waals surface area contributed by atoms with Crippen LogP contribution in [0.15, 0.2) is 66.2 Å². The molecule has 1 heterocycles. The molecule has 0 aliphatic heterocycles. The summed E-state index contributed by atoms with van der Waals surface area (Å²) in [4.78, 5) is 39.2. The predicted octanol–water partition coefficient (Wildman–Crippen LogP) is 3.53. The van der Waals surface area contributed by atoms with E-state index in [0.717, 1.165) is 5.56 Å². The second kappa shape index (κ2) is 10.1. The largest absolute Gasteiger partial charge is 0.445 e. The van der Waals surface area contributed by atoms with Gasteiger partial charge in [0.25, 0.3) is 5.69 Å². The zero-order chi connectivity index (χ0) is 21.3. The van der Waals surface area contributed by atoms with E-state index < -0.39 is 23.0 Å². The van der Waals surface area contributed by atoms with E-state index in [0.29, 0.717) is 10.7 Å². The van der Waals surface area contributed by atoms with E-state index in [9.17, 15) is 19.7 Å². The minimum Gasteiger partial charge on any atom is -0.445 e. The quantitative estimate of drug-likeness (QED) is 0.420. The molecule has 0 bridgehead atoms. The van der Waals surface area contributed by atoms with E-state index >= 15 is 0 Å². The molecule has 30 heavy (non-hydrogen) atoms. The van der Waals surface area contributed by atoms with Crippen LogP contribution in [0, 0.1) is 10.1 Å². The highest BCUT2D eigenvalue weighted by Gasteiger charge is 2.23. The van der Waals surface area contributed by atoms with Crippen LogP contribution in [0.3, 0.4) is 0 Å². The van der Waals surface area contributed by atoms with Gasteiger partial charge in [0.05, 0.1) is 4.92 Å². The summed E-state index contributed by atoms with van der Waals surface area (Å²) in [6, 6.07) is 14.0. The molecular formula is C20H18N4O5S. The number of alkyl carbamates (subject to hydrolysis) is 1. The number of carbonyl (C=O) groups excluding carboxylic acids is 2. The third-order valence-corrected chi connectivity index (χ3v) is 4.76. The van der Waals surface area contributed by atoms with Crippen molar-refractivity contribution in [2.24, 2.45) is 0 Å². The van der Waals surface area contributed by atoms with Crippen molar-refractivity contribution in [1.82, 2.24) is 10.3 Å². The number of thiazole rings is 1. The van der Waals surface area contributed by atoms with Crippen LogP contribution in [0.4, 0.5) is 15.6 Å². The van der Waals surface area contributed by atoms with Gasteiger partial charge in [-0.25, -0.2) is 9.78 Å². The van der Waals surface area contributed by atoms with Crippen molar-refractivity contribution in [2.75, 3.05) is 5.32 Å². The number of nitro groups is 1. The van der Waals surface area contributed by atoms with E-state index in [4.69, 9.17) is 4.74 Å². The highest BCUT2D eigenvalue weighted by atomic mass is 32.1. The summed E-state index contributed by atoms with van der Waals surface area (Å²) in [5.74, 6) is -0.472. The van der Waals surface area contributed by atoms with Crippen LogP contribution in [-0.4, -0.2) is 27.9 Å². The molecule has 3 aromatic rings. The first-order valence-electron chi connectivity index (χ1n) is 8.92. The number of nitrogens with one attached hydrogen (secondary N) is 2. The number of amides is 2. The van der Waals surface area contributed by atoms with Crippen LogP contribution in [0.1, 0.15) is 11.1 Å². The Bertz CT molecular complexity index is 994. The maximum absolute atomic E-state index is 12.7. The molecule has 154 valence electrons. The molecule has 0 fully saturated rings. The Morgan fingerprint density at radius 2 is 1.83 bits per heavy atom. The van der Waals surface area contributed by atoms with Crippen molar-refractivity contribution in [3.05, 3.63) is 87.4 Å². The minimum absolute atomic E-state index is 0.0576. The van der Waals surface area contributed by atoms with E-state index in [1.807, 2.05) is 30.3 Å². The number of nitrogens with zero attached hydrogens (tertiary/aromatic N) is 2. The van der Waals surface area contributed by atoms with Gasteiger partial charge in [0.15, 0.2) is 5.13 Å². The maximum atomic E-state index is 12.7. The summed E-state index contributed by atoms with van der Waals surface area (Å²) in [5, 5.41) is 18.1. The molecule has 0 aliphatic carbocycles. The first-order valence-corrected chi connectivity index (χ1v) is 9.80. The van der Waals surface area contributed by atoms with Gasteiger partial charge in [-0.2, -0.15) is 0 Å². The summed E-state index contributed by atoms with van der Waals surface area (Å²) >= 11 is 1.24. The minimum atomic E-state index is -0.960. The normalized spacial score (nSPS) is 11.3. The molecular weight excluding hydrogens is 408 g/mol. The number of rotatable bonds is 8. The number of aromatic nitrogens is 1. The molecule has 0 aliphatic rings. The van der Waals surface area contributed by atoms with Gasteiger partial charge in [0.2, 0.25) is 5.91 Å². The fourth-order valence-corrected chi connectivity index (χ4v) is 3.12. The first kappa shape index (κ1) is 20.9. The molecule has 1 atom stereocenters. The van der Waals surface area contributed by atoms with Crippen molar-refractivity contribution in [3.8, 4) is 0 Å². The number of ether oxygens (including phenoxy) is 1. The number of non-ortho nitro benzene ring substituents is 1. The van der Waals surface area contributed by atoms with Crippen LogP contribution >= 0.6 is 11.3 Å². The number of hydrogen-bond acceptors (Lipinski definition) is 7. The standard InChI is InChI=1S/C20H18N4O5S/c25-18(23-19-21-10-11-30-19)17(12-14-6-8-16(9-7-14)24(27)28)22-20(26)29-13-15-4-2-1-3-5-15/h1-11,17H,12-13H2,(H,22,26)(H,21,23,25)/t17-/m0/s1. The van der Waals surface area contributed by atoms with Gasteiger partial charge in [0.1, 0.15) is 12.6 Å². The van der Waals surface area contributed by atoms with Gasteiger partial charge in [0, 0.05) is 30.1 Å². The van der Waals surface area contributed by atoms with E-state index in [2.05, 4.69) is 15.6 Å². The fraction of sp³-hybridized carbons (Fsp3) is 0.150. The lowest BCUT2D eigenvalue weighted by Gasteiger charge is -2.18. The molecule has 2 aromatic carbocycles. The lowest BCUT2D eigenvalue weighted by atomic mass is 10.1. The number of nitro benzene ring substituents is 1. The summed E-state index contributed by atoms with van der Waals surface area (Å²) < 4.78 is 5.20. The molecule has 0 spiro atoms. The van der Waals surface area contributed by atoms with Gasteiger partial charge >= 0.3 is 6.09 Å². The van der Waals surface area contributed by atoms with Crippen molar-refractivity contribution in [3.63, 3.8) is 0 Å². The Kier molecular flexibility index (Phi) is 7.06. The predicted molar refractivity (Wildman–Crippen MR) is 111 cm³/mol. The van der Waals surface area contributed by atoms with Crippen molar-refractivity contribution < 1.29 is 19.2 Å². The van der Waals surface area contributed by atoms with Crippen molar-refractivity contribution in [2.45, 2.75) is 19.1 Å². The first-order chi connectivity index (χ1) is 14.5. The highest BCUT2D eigenvalue weighted by molar-refractivity contribution is 7.13. The number of carbonyl (C=O) groups is 2. The van der Waals surface area contributed by atoms with Crippen LogP contribution in [-0.2, 0) is 22.6 Å². The third kappa shape index (κ3) is 6.11. The molecule has 9 nitrogen and oxygen atoms in total. The smallest absolute Gasteiger partial charge is 0.408 e. The molecule has 0 saturated carbocycles. The average molecular weight is 426 g/mol. The monoisotopic (exact) mass is 426 g/mol. The zero-order valence-electron chi connectivity index (χ0n) is 15.7. The molecule has 0 saturated heterocycles. The Balaban J connectivity index is 1.67. The highest BCUT2D eigenvalue weighted by Crippen LogP contribution is 2.15. The molecule has 0 unspecified atom stereocenters. The van der Waals surface area contributed by atoms with Gasteiger partial charge < -0.3 is 15.4 Å². The molecule has 10 heteroatoms. The Labute approximate surface area is 175 Å². The van der Waals surface area contributed by atoms with Gasteiger partial charge in [-0.3, -0.25) is 14.9 Å². The number of benzene rings is 2. The van der Waals surface area contributed by atoms with Crippen LogP contribution in [0.25, 0.3) is 0 Å². The molecule has 2 amide bonds. The van der Waals surface area contributed by atoms with Gasteiger partial charge in [-0.15, -0.1) is 11.3 Å². The molecule has 2 N–H and O–H groups in total. The summed E-state index contributed by atoms with van der Waals surface area (Å²) in [6.45, 7) is 0.0605. The lowest BCUT2D eigenvalue weighted by molar-refractivity contribution is -0.384. The number of anilines is 1. The van der Waals surface area contributed by atoms with Crippen LogP contribution < -0.4 is 10.6 Å². The Morgan fingerprint density at radius 3 is 2.47 bits per heavy atom. The topological polar surface area (TPSA) is 123 Å². The number of hydrogen-bond donors (Lipinski definition) is 2. The van der Waals surface area contributed by atoms with E-state index in [-0.39, 0.29) is 18.7 Å². The third-order valence-electron chi connectivity index (χ3n) is 4.07. The van der Waals surface area contributed by atoms with E-state index in [1.165, 1.54) is 23.5 Å². The zero-order valence-corrected chi connectivity index (χ0v) is 16.5. The van der Waals surface area contributed by atoms with Crippen LogP contribution in [0.2, 0.25) is 0 Å². The molecule has 0 radical (unpaired) electrons. The average Bonchev–Trinajstić information content (AvgIpc) is 3.26. The van der Waals surface area contributed by atoms with Gasteiger partial charge in [-0.05, 0) is 11.1 Å². The summed E-state index contributed by atoms with van der Waals surface area (Å²) in [5.41, 5.74) is 1.40. The van der Waals surface area contributed by atoms with Gasteiger partial charge in [-0.1, -0.05) is 42.5 Å². The second-order valence-electron chi connectivity index (χ2n) is 6.21. The Hall–Kier alpha value is -3.79. The lowest BCUT2D eigenvalue weighted by Crippen LogP contribution is -2.45. The summed E-state index contributed by atoms with van der Waals surface area (Å²) in [6.07, 6.45) is 0.920.